The molecule has 0 aliphatic rings. The summed E-state index contributed by atoms with van der Waals surface area (Å²) in [5, 5.41) is 18.2. The number of hydrogen-bond donors (Lipinski definition) is 3. The number of benzene rings is 2. The van der Waals surface area contributed by atoms with Crippen LogP contribution in [0.3, 0.4) is 0 Å². The van der Waals surface area contributed by atoms with Gasteiger partial charge in [-0.25, -0.2) is 0 Å². The van der Waals surface area contributed by atoms with Gasteiger partial charge >= 0.3 is 6.36 Å². The molecule has 0 bridgehead atoms. The van der Waals surface area contributed by atoms with E-state index in [1.165, 1.54) is 23.5 Å². The van der Waals surface area contributed by atoms with Crippen LogP contribution in [0.2, 0.25) is 0 Å². The van der Waals surface area contributed by atoms with Crippen molar-refractivity contribution in [1.29, 1.82) is 0 Å². The van der Waals surface area contributed by atoms with E-state index in [-0.39, 0.29) is 11.5 Å². The van der Waals surface area contributed by atoms with E-state index in [2.05, 4.69) is 20.4 Å². The van der Waals surface area contributed by atoms with E-state index in [9.17, 15) is 23.1 Å². The molecule has 32 heavy (non-hydrogen) atoms. The lowest BCUT2D eigenvalue weighted by molar-refractivity contribution is -0.274. The number of alkyl halides is 3. The van der Waals surface area contributed by atoms with Crippen molar-refractivity contribution in [2.45, 2.75) is 12.9 Å². The molecule has 0 radical (unpaired) electrons. The number of ether oxygens (including phenoxy) is 1. The van der Waals surface area contributed by atoms with Crippen LogP contribution in [0.1, 0.15) is 15.2 Å². The van der Waals surface area contributed by atoms with Gasteiger partial charge in [-0.2, -0.15) is 0 Å². The Kier molecular flexibility index (Phi) is 5.87. The largest absolute Gasteiger partial charge is 0.573 e. The number of nitrogens with one attached hydrogen (secondary N) is 2. The molecule has 0 saturated heterocycles. The van der Waals surface area contributed by atoms with Gasteiger partial charge in [0.25, 0.3) is 5.91 Å². The molecule has 0 aliphatic carbocycles. The summed E-state index contributed by atoms with van der Waals surface area (Å²) in [6.07, 6.45) is -3.11. The van der Waals surface area contributed by atoms with Crippen molar-refractivity contribution in [3.05, 3.63) is 76.6 Å². The second-order valence-corrected chi connectivity index (χ2v) is 7.63. The summed E-state index contributed by atoms with van der Waals surface area (Å²) in [4.78, 5) is 17.4. The van der Waals surface area contributed by atoms with Crippen LogP contribution in [0.5, 0.6) is 11.5 Å². The van der Waals surface area contributed by atoms with E-state index in [1.54, 1.807) is 35.8 Å². The lowest BCUT2D eigenvalue weighted by Gasteiger charge is -2.11. The third-order valence-corrected chi connectivity index (χ3v) is 5.42. The predicted molar refractivity (Wildman–Crippen MR) is 116 cm³/mol. The molecule has 0 spiro atoms. The van der Waals surface area contributed by atoms with Crippen LogP contribution < -0.4 is 15.4 Å². The summed E-state index contributed by atoms with van der Waals surface area (Å²) >= 11 is 1.23. The van der Waals surface area contributed by atoms with Crippen LogP contribution in [0.15, 0.2) is 66.2 Å². The zero-order valence-corrected chi connectivity index (χ0v) is 17.1. The lowest BCUT2D eigenvalue weighted by Crippen LogP contribution is -2.17. The number of carbonyl (C=O) groups excluding carboxylic acids is 1. The second kappa shape index (κ2) is 8.75. The molecular formula is C22H16F3N3O3S. The Bertz CT molecular complexity index is 1260. The Hall–Kier alpha value is -3.79. The number of thiophene rings is 1. The normalized spacial score (nSPS) is 11.3. The van der Waals surface area contributed by atoms with Gasteiger partial charge in [0.1, 0.15) is 16.4 Å². The Labute approximate surface area is 184 Å². The van der Waals surface area contributed by atoms with E-state index < -0.39 is 12.3 Å². The van der Waals surface area contributed by atoms with E-state index in [0.29, 0.717) is 22.8 Å². The van der Waals surface area contributed by atoms with E-state index in [1.807, 2.05) is 6.07 Å². The zero-order chi connectivity index (χ0) is 22.7. The quantitative estimate of drug-likeness (QED) is 0.341. The minimum Gasteiger partial charge on any atom is -0.508 e. The summed E-state index contributed by atoms with van der Waals surface area (Å²) in [6, 6.07) is 13.4. The molecule has 2 aromatic carbocycles. The van der Waals surface area contributed by atoms with Gasteiger partial charge in [0.05, 0.1) is 11.2 Å². The maximum absolute atomic E-state index is 12.7. The van der Waals surface area contributed by atoms with Gasteiger partial charge in [-0.1, -0.05) is 0 Å². The fourth-order valence-electron chi connectivity index (χ4n) is 3.09. The van der Waals surface area contributed by atoms with Crippen molar-refractivity contribution >= 4 is 39.5 Å². The number of pyridine rings is 1. The van der Waals surface area contributed by atoms with Gasteiger partial charge in [0.2, 0.25) is 0 Å². The second-order valence-electron chi connectivity index (χ2n) is 6.71. The summed E-state index contributed by atoms with van der Waals surface area (Å²) < 4.78 is 40.6. The average molecular weight is 459 g/mol. The van der Waals surface area contributed by atoms with Crippen LogP contribution in [0.25, 0.3) is 10.9 Å². The SMILES string of the molecule is O=C(Nc1ccc(OC(F)(F)F)cc1)c1sccc1NCc1ccnc2ccc(O)cc12. The summed E-state index contributed by atoms with van der Waals surface area (Å²) in [5.74, 6) is -0.636. The molecule has 6 nitrogen and oxygen atoms in total. The van der Waals surface area contributed by atoms with Crippen molar-refractivity contribution in [2.75, 3.05) is 10.6 Å². The molecule has 3 N–H and O–H groups in total. The minimum atomic E-state index is -4.78. The van der Waals surface area contributed by atoms with Crippen molar-refractivity contribution in [3.63, 3.8) is 0 Å². The van der Waals surface area contributed by atoms with Gasteiger partial charge in [0.15, 0.2) is 0 Å². The van der Waals surface area contributed by atoms with E-state index in [4.69, 9.17) is 0 Å². The summed E-state index contributed by atoms with van der Waals surface area (Å²) in [5.41, 5.74) is 2.57. The number of phenolic OH excluding ortho intramolecular Hbond substituents is 1. The maximum atomic E-state index is 12.7. The number of hydrogen-bond acceptors (Lipinski definition) is 6. The topological polar surface area (TPSA) is 83.5 Å². The first-order chi connectivity index (χ1) is 15.3. The minimum absolute atomic E-state index is 0.133. The summed E-state index contributed by atoms with van der Waals surface area (Å²) in [6.45, 7) is 0.392. The highest BCUT2D eigenvalue weighted by Gasteiger charge is 2.31. The number of fused-ring (bicyclic) bond motifs is 1. The van der Waals surface area contributed by atoms with Crippen LogP contribution in [0, 0.1) is 0 Å². The van der Waals surface area contributed by atoms with Crippen LogP contribution in [0.4, 0.5) is 24.5 Å². The maximum Gasteiger partial charge on any atom is 0.573 e. The molecule has 1 amide bonds. The van der Waals surface area contributed by atoms with Crippen LogP contribution in [-0.4, -0.2) is 22.4 Å². The van der Waals surface area contributed by atoms with Gasteiger partial charge in [-0.05, 0) is 65.5 Å². The number of amides is 1. The number of phenols is 1. The third kappa shape index (κ3) is 5.09. The number of halogens is 3. The molecule has 0 unspecified atom stereocenters. The monoisotopic (exact) mass is 459 g/mol. The number of aromatic nitrogens is 1. The molecule has 0 fully saturated rings. The molecule has 164 valence electrons. The van der Waals surface area contributed by atoms with Gasteiger partial charge < -0.3 is 20.5 Å². The molecule has 4 aromatic rings. The fraction of sp³-hybridized carbons (Fsp3) is 0.0909. The molecule has 0 saturated carbocycles. The first-order valence-electron chi connectivity index (χ1n) is 9.34. The highest BCUT2D eigenvalue weighted by Crippen LogP contribution is 2.28. The summed E-state index contributed by atoms with van der Waals surface area (Å²) in [7, 11) is 0. The van der Waals surface area contributed by atoms with Crippen molar-refractivity contribution < 1.29 is 27.8 Å². The number of nitrogens with zero attached hydrogens (tertiary/aromatic N) is 1. The first kappa shape index (κ1) is 21.4. The van der Waals surface area contributed by atoms with E-state index in [0.717, 1.165) is 28.6 Å². The molecule has 2 heterocycles. The number of anilines is 2. The highest BCUT2D eigenvalue weighted by molar-refractivity contribution is 7.12. The van der Waals surface area contributed by atoms with Crippen molar-refractivity contribution in [1.82, 2.24) is 4.98 Å². The molecule has 4 rings (SSSR count). The molecular weight excluding hydrogens is 443 g/mol. The van der Waals surface area contributed by atoms with Crippen LogP contribution in [-0.2, 0) is 6.54 Å². The smallest absolute Gasteiger partial charge is 0.508 e. The third-order valence-electron chi connectivity index (χ3n) is 4.50. The average Bonchev–Trinajstić information content (AvgIpc) is 3.21. The Morgan fingerprint density at radius 3 is 2.62 bits per heavy atom. The molecule has 0 atom stereocenters. The molecule has 2 aromatic heterocycles. The van der Waals surface area contributed by atoms with E-state index >= 15 is 0 Å². The highest BCUT2D eigenvalue weighted by atomic mass is 32.1. The standard InChI is InChI=1S/C22H16F3N3O3S/c23-22(24,25)31-16-4-1-14(2-5-16)28-21(30)20-19(8-10-32-20)27-12-13-7-9-26-18-6-3-15(29)11-17(13)18/h1-11,27,29H,12H2,(H,28,30). The molecule has 10 heteroatoms. The fourth-order valence-corrected chi connectivity index (χ4v) is 3.85. The van der Waals surface area contributed by atoms with Gasteiger partial charge in [0, 0.05) is 23.8 Å². The zero-order valence-electron chi connectivity index (χ0n) is 16.3. The Morgan fingerprint density at radius 2 is 1.88 bits per heavy atom. The number of rotatable bonds is 6. The predicted octanol–water partition coefficient (Wildman–Crippen LogP) is 5.76. The molecule has 0 aliphatic heterocycles. The number of carbonyl (C=O) groups is 1. The van der Waals surface area contributed by atoms with Gasteiger partial charge in [-0.3, -0.25) is 9.78 Å². The Balaban J connectivity index is 1.45. The Morgan fingerprint density at radius 1 is 1.09 bits per heavy atom. The first-order valence-corrected chi connectivity index (χ1v) is 10.2. The van der Waals surface area contributed by atoms with Crippen molar-refractivity contribution in [3.8, 4) is 11.5 Å². The van der Waals surface area contributed by atoms with Crippen molar-refractivity contribution in [2.24, 2.45) is 0 Å². The van der Waals surface area contributed by atoms with Gasteiger partial charge in [-0.15, -0.1) is 24.5 Å². The number of aromatic hydroxyl groups is 1. The lowest BCUT2D eigenvalue weighted by atomic mass is 10.1. The van der Waals surface area contributed by atoms with Crippen LogP contribution >= 0.6 is 11.3 Å².